The standard InChI is InChI=1S/C12H10BrCl2N3O/c1-2-18-6-8(14)4-10(18)12(19)17-9-3-7(13)5-16-11(9)15/h3-6H,2H2,1H3,(H,17,19). The third-order valence-electron chi connectivity index (χ3n) is 2.49. The third kappa shape index (κ3) is 3.29. The van der Waals surface area contributed by atoms with Crippen LogP contribution in [0, 0.1) is 0 Å². The monoisotopic (exact) mass is 361 g/mol. The number of aromatic nitrogens is 2. The molecule has 1 amide bonds. The first-order chi connectivity index (χ1) is 9.01. The number of halogens is 3. The molecule has 0 aromatic carbocycles. The second kappa shape index (κ2) is 5.94. The summed E-state index contributed by atoms with van der Waals surface area (Å²) in [5.74, 6) is -0.282. The number of nitrogens with one attached hydrogen (secondary N) is 1. The van der Waals surface area contributed by atoms with Gasteiger partial charge in [0.25, 0.3) is 5.91 Å². The molecule has 0 bridgehead atoms. The van der Waals surface area contributed by atoms with Crippen molar-refractivity contribution in [2.45, 2.75) is 13.5 Å². The van der Waals surface area contributed by atoms with E-state index in [9.17, 15) is 4.79 Å². The summed E-state index contributed by atoms with van der Waals surface area (Å²) in [6.07, 6.45) is 3.26. The Morgan fingerprint density at radius 1 is 1.47 bits per heavy atom. The summed E-state index contributed by atoms with van der Waals surface area (Å²) < 4.78 is 2.49. The lowest BCUT2D eigenvalue weighted by molar-refractivity contribution is 0.101. The molecule has 0 aliphatic heterocycles. The fourth-order valence-electron chi connectivity index (χ4n) is 1.62. The van der Waals surface area contributed by atoms with Crippen molar-refractivity contribution in [1.29, 1.82) is 0 Å². The maximum Gasteiger partial charge on any atom is 0.272 e. The van der Waals surface area contributed by atoms with Crippen LogP contribution >= 0.6 is 39.1 Å². The zero-order valence-corrected chi connectivity index (χ0v) is 13.1. The van der Waals surface area contributed by atoms with Gasteiger partial charge in [-0.2, -0.15) is 0 Å². The van der Waals surface area contributed by atoms with Crippen molar-refractivity contribution in [3.05, 3.63) is 44.9 Å². The molecule has 0 saturated carbocycles. The predicted molar refractivity (Wildman–Crippen MR) is 80.0 cm³/mol. The highest BCUT2D eigenvalue weighted by Crippen LogP contribution is 2.24. The molecule has 0 spiro atoms. The van der Waals surface area contributed by atoms with E-state index in [4.69, 9.17) is 23.2 Å². The first-order valence-electron chi connectivity index (χ1n) is 5.49. The van der Waals surface area contributed by atoms with Gasteiger partial charge in [0.05, 0.1) is 10.7 Å². The quantitative estimate of drug-likeness (QED) is 0.830. The first-order valence-corrected chi connectivity index (χ1v) is 7.04. The van der Waals surface area contributed by atoms with Crippen LogP contribution in [0.1, 0.15) is 17.4 Å². The van der Waals surface area contributed by atoms with E-state index in [-0.39, 0.29) is 11.1 Å². The number of carbonyl (C=O) groups excluding carboxylic acids is 1. The van der Waals surface area contributed by atoms with Crippen LogP contribution in [-0.4, -0.2) is 15.5 Å². The molecule has 4 nitrogen and oxygen atoms in total. The topological polar surface area (TPSA) is 46.9 Å². The molecule has 0 saturated heterocycles. The summed E-state index contributed by atoms with van der Waals surface area (Å²) in [7, 11) is 0. The summed E-state index contributed by atoms with van der Waals surface area (Å²) in [6.45, 7) is 2.58. The maximum absolute atomic E-state index is 12.2. The van der Waals surface area contributed by atoms with Crippen LogP contribution in [0.25, 0.3) is 0 Å². The van der Waals surface area contributed by atoms with Crippen molar-refractivity contribution >= 4 is 50.7 Å². The first kappa shape index (κ1) is 14.4. The van der Waals surface area contributed by atoms with E-state index >= 15 is 0 Å². The van der Waals surface area contributed by atoms with Crippen LogP contribution in [0.2, 0.25) is 10.2 Å². The molecule has 0 fully saturated rings. The number of carbonyl (C=O) groups is 1. The number of hydrogen-bond acceptors (Lipinski definition) is 2. The van der Waals surface area contributed by atoms with Crippen LogP contribution < -0.4 is 5.32 Å². The molecule has 0 radical (unpaired) electrons. The lowest BCUT2D eigenvalue weighted by atomic mass is 10.3. The molecule has 0 unspecified atom stereocenters. The number of anilines is 1. The number of aryl methyl sites for hydroxylation is 1. The lowest BCUT2D eigenvalue weighted by Crippen LogP contribution is -2.16. The van der Waals surface area contributed by atoms with E-state index in [0.29, 0.717) is 22.9 Å². The van der Waals surface area contributed by atoms with Crippen LogP contribution in [-0.2, 0) is 6.54 Å². The Morgan fingerprint density at radius 3 is 2.89 bits per heavy atom. The molecule has 2 heterocycles. The lowest BCUT2D eigenvalue weighted by Gasteiger charge is -2.08. The van der Waals surface area contributed by atoms with Gasteiger partial charge in [0, 0.05) is 23.4 Å². The zero-order valence-electron chi connectivity index (χ0n) is 9.95. The Kier molecular flexibility index (Phi) is 4.50. The summed E-state index contributed by atoms with van der Waals surface area (Å²) in [4.78, 5) is 16.1. The summed E-state index contributed by atoms with van der Waals surface area (Å²) >= 11 is 15.1. The summed E-state index contributed by atoms with van der Waals surface area (Å²) in [6, 6.07) is 3.30. The highest BCUT2D eigenvalue weighted by atomic mass is 79.9. The SMILES string of the molecule is CCn1cc(Cl)cc1C(=O)Nc1cc(Br)cnc1Cl. The fourth-order valence-corrected chi connectivity index (χ4v) is 2.33. The predicted octanol–water partition coefficient (Wildman–Crippen LogP) is 4.22. The molecular weight excluding hydrogens is 353 g/mol. The van der Waals surface area contributed by atoms with Gasteiger partial charge < -0.3 is 9.88 Å². The van der Waals surface area contributed by atoms with E-state index in [0.717, 1.165) is 4.47 Å². The maximum atomic E-state index is 12.2. The molecule has 1 N–H and O–H groups in total. The van der Waals surface area contributed by atoms with Crippen molar-refractivity contribution in [1.82, 2.24) is 9.55 Å². The van der Waals surface area contributed by atoms with Gasteiger partial charge in [-0.3, -0.25) is 4.79 Å². The van der Waals surface area contributed by atoms with Gasteiger partial charge in [0.1, 0.15) is 5.69 Å². The van der Waals surface area contributed by atoms with Crippen LogP contribution in [0.15, 0.2) is 29.0 Å². The summed E-state index contributed by atoms with van der Waals surface area (Å²) in [5, 5.41) is 3.47. The van der Waals surface area contributed by atoms with Crippen LogP contribution in [0.5, 0.6) is 0 Å². The minimum atomic E-state index is -0.282. The molecule has 2 aromatic rings. The third-order valence-corrected chi connectivity index (χ3v) is 3.43. The second-order valence-electron chi connectivity index (χ2n) is 3.78. The Morgan fingerprint density at radius 2 is 2.21 bits per heavy atom. The van der Waals surface area contributed by atoms with Gasteiger partial charge >= 0.3 is 0 Å². The minimum absolute atomic E-state index is 0.234. The summed E-state index contributed by atoms with van der Waals surface area (Å²) in [5.41, 5.74) is 0.921. The zero-order chi connectivity index (χ0) is 14.0. The molecule has 2 rings (SSSR count). The van der Waals surface area contributed by atoms with Crippen molar-refractivity contribution in [2.24, 2.45) is 0 Å². The molecule has 19 heavy (non-hydrogen) atoms. The van der Waals surface area contributed by atoms with Crippen molar-refractivity contribution in [3.8, 4) is 0 Å². The number of rotatable bonds is 3. The van der Waals surface area contributed by atoms with Gasteiger partial charge in [-0.25, -0.2) is 4.98 Å². The van der Waals surface area contributed by atoms with Crippen LogP contribution in [0.4, 0.5) is 5.69 Å². The number of nitrogens with zero attached hydrogens (tertiary/aromatic N) is 2. The number of pyridine rings is 1. The van der Waals surface area contributed by atoms with Gasteiger partial charge in [-0.1, -0.05) is 23.2 Å². The van der Waals surface area contributed by atoms with Crippen LogP contribution in [0.3, 0.4) is 0 Å². The Bertz CT molecular complexity index is 627. The van der Waals surface area contributed by atoms with Gasteiger partial charge in [0.2, 0.25) is 0 Å². The molecule has 0 atom stereocenters. The Labute approximate surface area is 128 Å². The average molecular weight is 363 g/mol. The van der Waals surface area contributed by atoms with E-state index in [1.165, 1.54) is 0 Å². The highest BCUT2D eigenvalue weighted by Gasteiger charge is 2.14. The normalized spacial score (nSPS) is 10.5. The van der Waals surface area contributed by atoms with E-state index in [1.807, 2.05) is 6.92 Å². The molecule has 7 heteroatoms. The smallest absolute Gasteiger partial charge is 0.272 e. The molecular formula is C12H10BrCl2N3O. The second-order valence-corrected chi connectivity index (χ2v) is 5.49. The van der Waals surface area contributed by atoms with Crippen molar-refractivity contribution < 1.29 is 4.79 Å². The molecule has 2 aromatic heterocycles. The Hall–Kier alpha value is -1.04. The molecule has 0 aliphatic carbocycles. The number of amides is 1. The Balaban J connectivity index is 2.27. The fraction of sp³-hybridized carbons (Fsp3) is 0.167. The average Bonchev–Trinajstić information content (AvgIpc) is 2.75. The van der Waals surface area contributed by atoms with E-state index in [2.05, 4.69) is 26.2 Å². The highest BCUT2D eigenvalue weighted by molar-refractivity contribution is 9.10. The largest absolute Gasteiger partial charge is 0.342 e. The molecule has 0 aliphatic rings. The number of hydrogen-bond donors (Lipinski definition) is 1. The van der Waals surface area contributed by atoms with Crippen molar-refractivity contribution in [2.75, 3.05) is 5.32 Å². The van der Waals surface area contributed by atoms with Gasteiger partial charge in [0.15, 0.2) is 5.15 Å². The minimum Gasteiger partial charge on any atom is -0.342 e. The van der Waals surface area contributed by atoms with E-state index < -0.39 is 0 Å². The van der Waals surface area contributed by atoms with Gasteiger partial charge in [-0.05, 0) is 35.0 Å². The van der Waals surface area contributed by atoms with E-state index in [1.54, 1.807) is 29.1 Å². The molecule has 100 valence electrons. The van der Waals surface area contributed by atoms with Gasteiger partial charge in [-0.15, -0.1) is 0 Å². The van der Waals surface area contributed by atoms with Crippen molar-refractivity contribution in [3.63, 3.8) is 0 Å².